The summed E-state index contributed by atoms with van der Waals surface area (Å²) in [6, 6.07) is 11.2. The van der Waals surface area contributed by atoms with Gasteiger partial charge in [0.05, 0.1) is 32.7 Å². The first-order valence-electron chi connectivity index (χ1n) is 8.40. The molecule has 0 fully saturated rings. The van der Waals surface area contributed by atoms with Crippen molar-refractivity contribution in [3.8, 4) is 5.75 Å². The molecule has 9 heteroatoms. The van der Waals surface area contributed by atoms with Gasteiger partial charge in [-0.1, -0.05) is 0 Å². The molecule has 0 aliphatic rings. The van der Waals surface area contributed by atoms with E-state index in [1.54, 1.807) is 30.3 Å². The molecule has 0 atom stereocenters. The zero-order valence-corrected chi connectivity index (χ0v) is 16.2. The summed E-state index contributed by atoms with van der Waals surface area (Å²) in [4.78, 5) is 11.3. The number of benzene rings is 1. The lowest BCUT2D eigenvalue weighted by atomic mass is 10.3. The average Bonchev–Trinajstić information content (AvgIpc) is 3.34. The topological polar surface area (TPSA) is 102 Å². The molecule has 1 amide bonds. The van der Waals surface area contributed by atoms with Crippen molar-refractivity contribution in [1.82, 2.24) is 4.31 Å². The predicted molar refractivity (Wildman–Crippen MR) is 101 cm³/mol. The van der Waals surface area contributed by atoms with Crippen LogP contribution in [0, 0.1) is 0 Å². The zero-order valence-electron chi connectivity index (χ0n) is 15.4. The first-order valence-corrected chi connectivity index (χ1v) is 9.84. The van der Waals surface area contributed by atoms with Crippen LogP contribution in [-0.2, 0) is 27.9 Å². The van der Waals surface area contributed by atoms with Crippen molar-refractivity contribution in [2.75, 3.05) is 12.4 Å². The highest BCUT2D eigenvalue weighted by atomic mass is 32.2. The number of amides is 1. The fourth-order valence-electron chi connectivity index (χ4n) is 2.68. The molecule has 3 rings (SSSR count). The normalized spacial score (nSPS) is 11.5. The van der Waals surface area contributed by atoms with Gasteiger partial charge in [0.25, 0.3) is 0 Å². The van der Waals surface area contributed by atoms with E-state index >= 15 is 0 Å². The monoisotopic (exact) mass is 404 g/mol. The summed E-state index contributed by atoms with van der Waals surface area (Å²) in [6.07, 6.45) is 2.95. The smallest absolute Gasteiger partial charge is 0.247 e. The molecule has 28 heavy (non-hydrogen) atoms. The Morgan fingerprint density at radius 2 is 1.68 bits per heavy atom. The van der Waals surface area contributed by atoms with E-state index in [1.807, 2.05) is 0 Å². The molecule has 0 aliphatic heterocycles. The Labute approximate surface area is 162 Å². The zero-order chi connectivity index (χ0) is 20.1. The van der Waals surface area contributed by atoms with Crippen LogP contribution in [0.4, 0.5) is 5.69 Å². The van der Waals surface area contributed by atoms with Crippen molar-refractivity contribution >= 4 is 21.6 Å². The maximum atomic E-state index is 13.5. The van der Waals surface area contributed by atoms with E-state index < -0.39 is 10.0 Å². The van der Waals surface area contributed by atoms with Crippen molar-refractivity contribution in [1.29, 1.82) is 0 Å². The van der Waals surface area contributed by atoms with Crippen LogP contribution in [0.5, 0.6) is 5.75 Å². The Bertz CT molecular complexity index is 990. The summed E-state index contributed by atoms with van der Waals surface area (Å²) in [7, 11) is -2.63. The van der Waals surface area contributed by atoms with Crippen LogP contribution in [0.25, 0.3) is 0 Å². The lowest BCUT2D eigenvalue weighted by Crippen LogP contribution is -2.30. The van der Waals surface area contributed by atoms with Crippen LogP contribution in [0.1, 0.15) is 18.4 Å². The maximum Gasteiger partial charge on any atom is 0.247 e. The van der Waals surface area contributed by atoms with Crippen molar-refractivity contribution in [2.24, 2.45) is 0 Å². The van der Waals surface area contributed by atoms with Gasteiger partial charge in [0.15, 0.2) is 0 Å². The minimum absolute atomic E-state index is 0.00352. The number of nitrogens with zero attached hydrogens (tertiary/aromatic N) is 1. The largest absolute Gasteiger partial charge is 0.495 e. The minimum atomic E-state index is -4.02. The lowest BCUT2D eigenvalue weighted by Gasteiger charge is -2.22. The number of carbonyl (C=O) groups is 1. The van der Waals surface area contributed by atoms with Gasteiger partial charge in [-0.05, 0) is 42.5 Å². The third-order valence-electron chi connectivity index (χ3n) is 3.93. The second kappa shape index (κ2) is 8.32. The van der Waals surface area contributed by atoms with Crippen LogP contribution < -0.4 is 10.1 Å². The molecule has 0 spiro atoms. The molecular weight excluding hydrogens is 384 g/mol. The van der Waals surface area contributed by atoms with Crippen LogP contribution in [0.3, 0.4) is 0 Å². The van der Waals surface area contributed by atoms with Crippen molar-refractivity contribution in [3.05, 3.63) is 66.5 Å². The van der Waals surface area contributed by atoms with Crippen molar-refractivity contribution in [3.63, 3.8) is 0 Å². The van der Waals surface area contributed by atoms with Crippen molar-refractivity contribution < 1.29 is 26.8 Å². The van der Waals surface area contributed by atoms with Gasteiger partial charge < -0.3 is 18.9 Å². The van der Waals surface area contributed by atoms with Gasteiger partial charge in [-0.15, -0.1) is 0 Å². The number of ether oxygens (including phenoxy) is 1. The number of furan rings is 2. The van der Waals surface area contributed by atoms with Crippen LogP contribution in [0.2, 0.25) is 0 Å². The van der Waals surface area contributed by atoms with Gasteiger partial charge in [0.2, 0.25) is 15.9 Å². The summed E-state index contributed by atoms with van der Waals surface area (Å²) in [5.41, 5.74) is 0.350. The molecule has 8 nitrogen and oxygen atoms in total. The number of nitrogens with one attached hydrogen (secondary N) is 1. The van der Waals surface area contributed by atoms with E-state index in [9.17, 15) is 13.2 Å². The molecule has 0 radical (unpaired) electrons. The number of methoxy groups -OCH3 is 1. The Balaban J connectivity index is 2.03. The van der Waals surface area contributed by atoms with E-state index in [4.69, 9.17) is 13.6 Å². The summed E-state index contributed by atoms with van der Waals surface area (Å²) in [6.45, 7) is 1.35. The molecule has 148 valence electrons. The Morgan fingerprint density at radius 3 is 2.14 bits per heavy atom. The number of rotatable bonds is 8. The third-order valence-corrected chi connectivity index (χ3v) is 5.74. The van der Waals surface area contributed by atoms with Crippen molar-refractivity contribution in [2.45, 2.75) is 24.9 Å². The highest BCUT2D eigenvalue weighted by molar-refractivity contribution is 7.89. The standard InChI is InChI=1S/C19H20N2O6S/c1-14(22)20-15-7-8-18(25-2)19(11-15)28(23,24)21(12-16-5-3-9-26-16)13-17-6-4-10-27-17/h3-11H,12-13H2,1-2H3,(H,20,22). The molecule has 0 unspecified atom stereocenters. The molecule has 2 aromatic heterocycles. The predicted octanol–water partition coefficient (Wildman–Crippen LogP) is 3.23. The highest BCUT2D eigenvalue weighted by Crippen LogP contribution is 2.31. The number of hydrogen-bond donors (Lipinski definition) is 1. The number of sulfonamides is 1. The first kappa shape index (κ1) is 19.7. The van der Waals surface area contributed by atoms with Crippen LogP contribution >= 0.6 is 0 Å². The Hall–Kier alpha value is -3.04. The van der Waals surface area contributed by atoms with Crippen LogP contribution in [-0.4, -0.2) is 25.7 Å². The second-order valence-corrected chi connectivity index (χ2v) is 7.89. The number of anilines is 1. The fraction of sp³-hybridized carbons (Fsp3) is 0.211. The first-order chi connectivity index (χ1) is 13.4. The van der Waals surface area contributed by atoms with Crippen LogP contribution in [0.15, 0.2) is 68.7 Å². The van der Waals surface area contributed by atoms with Gasteiger partial charge in [-0.25, -0.2) is 8.42 Å². The van der Waals surface area contributed by atoms with E-state index in [0.29, 0.717) is 17.2 Å². The number of carbonyl (C=O) groups excluding carboxylic acids is 1. The summed E-state index contributed by atoms with van der Waals surface area (Å²) >= 11 is 0. The van der Waals surface area contributed by atoms with E-state index in [-0.39, 0.29) is 29.6 Å². The van der Waals surface area contributed by atoms with E-state index in [1.165, 1.54) is 43.0 Å². The van der Waals surface area contributed by atoms with Gasteiger partial charge in [0, 0.05) is 12.6 Å². The van der Waals surface area contributed by atoms with Gasteiger partial charge in [0.1, 0.15) is 22.2 Å². The van der Waals surface area contributed by atoms with E-state index in [2.05, 4.69) is 5.32 Å². The quantitative estimate of drug-likeness (QED) is 0.618. The Kier molecular flexibility index (Phi) is 5.86. The number of hydrogen-bond acceptors (Lipinski definition) is 6. The molecule has 0 saturated carbocycles. The summed E-state index contributed by atoms with van der Waals surface area (Å²) in [5.74, 6) is 0.814. The van der Waals surface area contributed by atoms with Gasteiger partial charge in [-0.2, -0.15) is 4.31 Å². The SMILES string of the molecule is COc1ccc(NC(C)=O)cc1S(=O)(=O)N(Cc1ccco1)Cc1ccco1. The maximum absolute atomic E-state index is 13.5. The molecule has 0 saturated heterocycles. The summed E-state index contributed by atoms with van der Waals surface area (Å²) in [5, 5.41) is 2.58. The van der Waals surface area contributed by atoms with Gasteiger partial charge in [-0.3, -0.25) is 4.79 Å². The third kappa shape index (κ3) is 4.44. The van der Waals surface area contributed by atoms with E-state index in [0.717, 1.165) is 0 Å². The second-order valence-electron chi connectivity index (χ2n) is 5.98. The average molecular weight is 404 g/mol. The molecule has 2 heterocycles. The molecule has 0 bridgehead atoms. The molecule has 1 aromatic carbocycles. The van der Waals surface area contributed by atoms with Gasteiger partial charge >= 0.3 is 0 Å². The minimum Gasteiger partial charge on any atom is -0.495 e. The molecular formula is C19H20N2O6S. The summed E-state index contributed by atoms with van der Waals surface area (Å²) < 4.78 is 44.0. The lowest BCUT2D eigenvalue weighted by molar-refractivity contribution is -0.114. The fourth-order valence-corrected chi connectivity index (χ4v) is 4.23. The Morgan fingerprint density at radius 1 is 1.07 bits per heavy atom. The molecule has 1 N–H and O–H groups in total. The highest BCUT2D eigenvalue weighted by Gasteiger charge is 2.30. The molecule has 3 aromatic rings. The molecule has 0 aliphatic carbocycles.